The number of thiophene rings is 1. The lowest BCUT2D eigenvalue weighted by atomic mass is 10.0. The number of hydrogen-bond donors (Lipinski definition) is 1. The molecule has 0 fully saturated rings. The zero-order chi connectivity index (χ0) is 14.0. The van der Waals surface area contributed by atoms with Crippen molar-refractivity contribution in [1.29, 1.82) is 0 Å². The average molecular weight is 408 g/mol. The molecule has 1 heterocycles. The zero-order valence-corrected chi connectivity index (χ0v) is 14.3. The van der Waals surface area contributed by atoms with Gasteiger partial charge in [-0.25, -0.2) is 0 Å². The third kappa shape index (κ3) is 3.13. The van der Waals surface area contributed by atoms with Gasteiger partial charge in [0.2, 0.25) is 0 Å². The van der Waals surface area contributed by atoms with Crippen LogP contribution in [0.3, 0.4) is 0 Å². The summed E-state index contributed by atoms with van der Waals surface area (Å²) in [5.41, 5.74) is 1.51. The minimum absolute atomic E-state index is 0.598. The maximum atomic E-state index is 10.5. The van der Waals surface area contributed by atoms with Gasteiger partial charge in [-0.05, 0) is 50.1 Å². The Hall–Kier alpha value is -0.560. The summed E-state index contributed by atoms with van der Waals surface area (Å²) < 4.78 is 12.3. The Morgan fingerprint density at radius 3 is 2.37 bits per heavy atom. The van der Waals surface area contributed by atoms with E-state index >= 15 is 0 Å². The predicted octanol–water partition coefficient (Wildman–Crippen LogP) is 4.37. The van der Waals surface area contributed by atoms with Gasteiger partial charge < -0.3 is 14.6 Å². The first kappa shape index (κ1) is 14.8. The molecular formula is C13H12Br2O3S. The SMILES string of the molecule is COc1ccc(C(O)c2cc(Br)sc2Br)c(OC)c1. The number of ether oxygens (including phenoxy) is 2. The van der Waals surface area contributed by atoms with Crippen LogP contribution in [0.4, 0.5) is 0 Å². The fourth-order valence-electron chi connectivity index (χ4n) is 1.75. The fourth-order valence-corrected chi connectivity index (χ4v) is 4.64. The van der Waals surface area contributed by atoms with Crippen LogP contribution in [0.2, 0.25) is 0 Å². The Bertz CT molecular complexity index is 583. The molecule has 6 heteroatoms. The van der Waals surface area contributed by atoms with E-state index in [1.54, 1.807) is 32.4 Å². The highest BCUT2D eigenvalue weighted by molar-refractivity contribution is 9.12. The lowest BCUT2D eigenvalue weighted by molar-refractivity contribution is 0.214. The smallest absolute Gasteiger partial charge is 0.128 e. The minimum Gasteiger partial charge on any atom is -0.497 e. The average Bonchev–Trinajstić information content (AvgIpc) is 2.76. The topological polar surface area (TPSA) is 38.7 Å². The normalized spacial score (nSPS) is 12.3. The van der Waals surface area contributed by atoms with Gasteiger partial charge in [-0.2, -0.15) is 0 Å². The zero-order valence-electron chi connectivity index (χ0n) is 10.3. The van der Waals surface area contributed by atoms with E-state index in [1.165, 1.54) is 11.3 Å². The van der Waals surface area contributed by atoms with Crippen LogP contribution in [0.1, 0.15) is 17.2 Å². The molecule has 1 unspecified atom stereocenters. The van der Waals surface area contributed by atoms with Gasteiger partial charge in [-0.15, -0.1) is 11.3 Å². The van der Waals surface area contributed by atoms with Crippen molar-refractivity contribution in [3.05, 3.63) is 43.0 Å². The first-order valence-corrected chi connectivity index (χ1v) is 7.81. The highest BCUT2D eigenvalue weighted by Crippen LogP contribution is 2.40. The van der Waals surface area contributed by atoms with Crippen molar-refractivity contribution in [2.45, 2.75) is 6.10 Å². The molecular weight excluding hydrogens is 396 g/mol. The molecule has 0 aliphatic rings. The Balaban J connectivity index is 2.43. The van der Waals surface area contributed by atoms with Gasteiger partial charge >= 0.3 is 0 Å². The number of aliphatic hydroxyl groups is 1. The van der Waals surface area contributed by atoms with Crippen LogP contribution in [0.5, 0.6) is 11.5 Å². The molecule has 0 saturated carbocycles. The van der Waals surface area contributed by atoms with Gasteiger partial charge in [0.25, 0.3) is 0 Å². The third-order valence-electron chi connectivity index (χ3n) is 2.71. The van der Waals surface area contributed by atoms with Gasteiger partial charge in [-0.1, -0.05) is 0 Å². The molecule has 0 radical (unpaired) electrons. The first-order valence-electron chi connectivity index (χ1n) is 5.41. The van der Waals surface area contributed by atoms with Crippen molar-refractivity contribution >= 4 is 43.2 Å². The molecule has 1 N–H and O–H groups in total. The first-order chi connectivity index (χ1) is 9.06. The number of methoxy groups -OCH3 is 2. The van der Waals surface area contributed by atoms with E-state index in [0.717, 1.165) is 13.1 Å². The van der Waals surface area contributed by atoms with Crippen molar-refractivity contribution < 1.29 is 14.6 Å². The van der Waals surface area contributed by atoms with Gasteiger partial charge in [0.1, 0.15) is 17.6 Å². The summed E-state index contributed by atoms with van der Waals surface area (Å²) in [4.78, 5) is 0. The second-order valence-electron chi connectivity index (χ2n) is 3.79. The Morgan fingerprint density at radius 1 is 1.11 bits per heavy atom. The van der Waals surface area contributed by atoms with Crippen molar-refractivity contribution in [3.8, 4) is 11.5 Å². The molecule has 0 aliphatic carbocycles. The lowest BCUT2D eigenvalue weighted by Crippen LogP contribution is -2.02. The molecule has 0 bridgehead atoms. The molecule has 102 valence electrons. The second kappa shape index (κ2) is 6.26. The number of hydrogen-bond acceptors (Lipinski definition) is 4. The summed E-state index contributed by atoms with van der Waals surface area (Å²) >= 11 is 8.38. The van der Waals surface area contributed by atoms with E-state index in [0.29, 0.717) is 17.1 Å². The largest absolute Gasteiger partial charge is 0.497 e. The predicted molar refractivity (Wildman–Crippen MR) is 83.3 cm³/mol. The molecule has 3 nitrogen and oxygen atoms in total. The maximum Gasteiger partial charge on any atom is 0.128 e. The van der Waals surface area contributed by atoms with E-state index in [4.69, 9.17) is 9.47 Å². The second-order valence-corrected chi connectivity index (χ2v) is 7.54. The highest BCUT2D eigenvalue weighted by atomic mass is 79.9. The summed E-state index contributed by atoms with van der Waals surface area (Å²) in [5.74, 6) is 1.29. The highest BCUT2D eigenvalue weighted by Gasteiger charge is 2.20. The van der Waals surface area contributed by atoms with Crippen LogP contribution < -0.4 is 9.47 Å². The van der Waals surface area contributed by atoms with E-state index in [2.05, 4.69) is 31.9 Å². The van der Waals surface area contributed by atoms with Gasteiger partial charge in [0.15, 0.2) is 0 Å². The standard InChI is InChI=1S/C13H12Br2O3S/c1-17-7-3-4-8(10(5-7)18-2)12(16)9-6-11(14)19-13(9)15/h3-6,12,16H,1-2H3. The molecule has 0 aliphatic heterocycles. The summed E-state index contributed by atoms with van der Waals surface area (Å²) in [6, 6.07) is 7.26. The molecule has 0 amide bonds. The summed E-state index contributed by atoms with van der Waals surface area (Å²) in [6.45, 7) is 0. The Morgan fingerprint density at radius 2 is 1.84 bits per heavy atom. The quantitative estimate of drug-likeness (QED) is 0.817. The van der Waals surface area contributed by atoms with Crippen molar-refractivity contribution in [2.75, 3.05) is 14.2 Å². The number of aliphatic hydroxyl groups excluding tert-OH is 1. The molecule has 0 saturated heterocycles. The number of rotatable bonds is 4. The fraction of sp³-hybridized carbons (Fsp3) is 0.231. The van der Waals surface area contributed by atoms with Gasteiger partial charge in [0.05, 0.1) is 21.8 Å². The Kier molecular flexibility index (Phi) is 4.89. The third-order valence-corrected chi connectivity index (χ3v) is 5.10. The summed E-state index contributed by atoms with van der Waals surface area (Å²) in [7, 11) is 3.17. The van der Waals surface area contributed by atoms with Crippen molar-refractivity contribution in [1.82, 2.24) is 0 Å². The molecule has 0 spiro atoms. The summed E-state index contributed by atoms with van der Waals surface area (Å²) in [5, 5.41) is 10.5. The van der Waals surface area contributed by atoms with Crippen LogP contribution in [0, 0.1) is 0 Å². The van der Waals surface area contributed by atoms with E-state index in [-0.39, 0.29) is 0 Å². The molecule has 2 aromatic rings. The van der Waals surface area contributed by atoms with Crippen LogP contribution in [0.25, 0.3) is 0 Å². The van der Waals surface area contributed by atoms with E-state index in [9.17, 15) is 5.11 Å². The van der Waals surface area contributed by atoms with Crippen LogP contribution in [-0.4, -0.2) is 19.3 Å². The van der Waals surface area contributed by atoms with Crippen LogP contribution >= 0.6 is 43.2 Å². The van der Waals surface area contributed by atoms with E-state index < -0.39 is 6.10 Å². The molecule has 1 atom stereocenters. The van der Waals surface area contributed by atoms with Crippen LogP contribution in [-0.2, 0) is 0 Å². The Labute approximate surface area is 132 Å². The van der Waals surface area contributed by atoms with Gasteiger partial charge in [-0.3, -0.25) is 0 Å². The molecule has 1 aromatic carbocycles. The number of halogens is 2. The minimum atomic E-state index is -0.752. The van der Waals surface area contributed by atoms with Crippen LogP contribution in [0.15, 0.2) is 31.8 Å². The van der Waals surface area contributed by atoms with Crippen molar-refractivity contribution in [3.63, 3.8) is 0 Å². The molecule has 2 rings (SSSR count). The monoisotopic (exact) mass is 406 g/mol. The van der Waals surface area contributed by atoms with E-state index in [1.807, 2.05) is 6.07 Å². The number of benzene rings is 1. The summed E-state index contributed by atoms with van der Waals surface area (Å²) in [6.07, 6.45) is -0.752. The maximum absolute atomic E-state index is 10.5. The van der Waals surface area contributed by atoms with Gasteiger partial charge in [0, 0.05) is 17.2 Å². The lowest BCUT2D eigenvalue weighted by Gasteiger charge is -2.15. The molecule has 1 aromatic heterocycles. The molecule has 19 heavy (non-hydrogen) atoms. The van der Waals surface area contributed by atoms with Crippen molar-refractivity contribution in [2.24, 2.45) is 0 Å².